The van der Waals surface area contributed by atoms with E-state index in [0.717, 1.165) is 16.9 Å². The lowest BCUT2D eigenvalue weighted by Crippen LogP contribution is -2.12. The van der Waals surface area contributed by atoms with Gasteiger partial charge in [0, 0.05) is 0 Å². The third kappa shape index (κ3) is 4.08. The van der Waals surface area contributed by atoms with E-state index in [9.17, 15) is 0 Å². The second kappa shape index (κ2) is 6.77. The SMILES string of the molecule is CC(C)Oc1cccc(C(N)c2ccc(C(C)C)cc2)c1. The van der Waals surface area contributed by atoms with Gasteiger partial charge >= 0.3 is 0 Å². The maximum absolute atomic E-state index is 6.39. The molecule has 1 atom stereocenters. The first-order valence-corrected chi connectivity index (χ1v) is 7.59. The molecule has 112 valence electrons. The Labute approximate surface area is 127 Å². The molecular formula is C19H25NO. The molecule has 2 rings (SSSR count). The first-order valence-electron chi connectivity index (χ1n) is 7.59. The number of benzene rings is 2. The van der Waals surface area contributed by atoms with Crippen LogP contribution in [0.5, 0.6) is 5.75 Å². The zero-order chi connectivity index (χ0) is 15.4. The number of hydrogen-bond acceptors (Lipinski definition) is 2. The monoisotopic (exact) mass is 283 g/mol. The minimum Gasteiger partial charge on any atom is -0.491 e. The van der Waals surface area contributed by atoms with Crippen LogP contribution in [0.25, 0.3) is 0 Å². The van der Waals surface area contributed by atoms with Crippen LogP contribution in [0, 0.1) is 0 Å². The maximum Gasteiger partial charge on any atom is 0.120 e. The Hall–Kier alpha value is -1.80. The summed E-state index contributed by atoms with van der Waals surface area (Å²) in [5, 5.41) is 0. The van der Waals surface area contributed by atoms with Gasteiger partial charge < -0.3 is 10.5 Å². The second-order valence-corrected chi connectivity index (χ2v) is 6.04. The summed E-state index contributed by atoms with van der Waals surface area (Å²) >= 11 is 0. The molecule has 1 unspecified atom stereocenters. The predicted molar refractivity (Wildman–Crippen MR) is 88.8 cm³/mol. The molecule has 21 heavy (non-hydrogen) atoms. The fourth-order valence-electron chi connectivity index (χ4n) is 2.33. The van der Waals surface area contributed by atoms with Crippen molar-refractivity contribution in [1.82, 2.24) is 0 Å². The average molecular weight is 283 g/mol. The second-order valence-electron chi connectivity index (χ2n) is 6.04. The van der Waals surface area contributed by atoms with E-state index in [1.165, 1.54) is 5.56 Å². The summed E-state index contributed by atoms with van der Waals surface area (Å²) in [5.74, 6) is 1.41. The minimum atomic E-state index is -0.123. The largest absolute Gasteiger partial charge is 0.491 e. The molecule has 0 radical (unpaired) electrons. The van der Waals surface area contributed by atoms with Gasteiger partial charge in [0.1, 0.15) is 5.75 Å². The quantitative estimate of drug-likeness (QED) is 0.867. The van der Waals surface area contributed by atoms with E-state index in [0.29, 0.717) is 5.92 Å². The van der Waals surface area contributed by atoms with Crippen molar-refractivity contribution in [2.24, 2.45) is 5.73 Å². The van der Waals surface area contributed by atoms with Gasteiger partial charge in [0.15, 0.2) is 0 Å². The molecule has 2 aromatic rings. The number of hydrogen-bond donors (Lipinski definition) is 1. The van der Waals surface area contributed by atoms with E-state index in [1.807, 2.05) is 38.1 Å². The molecule has 2 N–H and O–H groups in total. The Morgan fingerprint density at radius 2 is 1.43 bits per heavy atom. The Bertz CT molecular complexity index is 572. The zero-order valence-electron chi connectivity index (χ0n) is 13.3. The number of ether oxygens (including phenoxy) is 1. The van der Waals surface area contributed by atoms with E-state index in [1.54, 1.807) is 0 Å². The normalized spacial score (nSPS) is 12.7. The van der Waals surface area contributed by atoms with Crippen LogP contribution < -0.4 is 10.5 Å². The lowest BCUT2D eigenvalue weighted by Gasteiger charge is -2.16. The third-order valence-electron chi connectivity index (χ3n) is 3.55. The van der Waals surface area contributed by atoms with Gasteiger partial charge in [0.2, 0.25) is 0 Å². The summed E-state index contributed by atoms with van der Waals surface area (Å²) in [7, 11) is 0. The fraction of sp³-hybridized carbons (Fsp3) is 0.368. The lowest BCUT2D eigenvalue weighted by atomic mass is 9.96. The van der Waals surface area contributed by atoms with Gasteiger partial charge in [-0.05, 0) is 48.6 Å². The highest BCUT2D eigenvalue weighted by atomic mass is 16.5. The smallest absolute Gasteiger partial charge is 0.120 e. The van der Waals surface area contributed by atoms with E-state index in [-0.39, 0.29) is 12.1 Å². The van der Waals surface area contributed by atoms with Crippen molar-refractivity contribution in [1.29, 1.82) is 0 Å². The Kier molecular flexibility index (Phi) is 5.03. The molecule has 0 aliphatic carbocycles. The van der Waals surface area contributed by atoms with E-state index < -0.39 is 0 Å². The first kappa shape index (κ1) is 15.6. The molecule has 0 saturated carbocycles. The highest BCUT2D eigenvalue weighted by Gasteiger charge is 2.10. The molecule has 0 aliphatic heterocycles. The van der Waals surface area contributed by atoms with Crippen molar-refractivity contribution in [3.63, 3.8) is 0 Å². The van der Waals surface area contributed by atoms with E-state index in [4.69, 9.17) is 10.5 Å². The zero-order valence-corrected chi connectivity index (χ0v) is 13.3. The van der Waals surface area contributed by atoms with Gasteiger partial charge in [-0.2, -0.15) is 0 Å². The fourth-order valence-corrected chi connectivity index (χ4v) is 2.33. The van der Waals surface area contributed by atoms with Crippen LogP contribution in [0.1, 0.15) is 56.3 Å². The van der Waals surface area contributed by atoms with Crippen LogP contribution in [0.3, 0.4) is 0 Å². The van der Waals surface area contributed by atoms with Crippen LogP contribution in [0.2, 0.25) is 0 Å². The Balaban J connectivity index is 2.20. The summed E-state index contributed by atoms with van der Waals surface area (Å²) in [4.78, 5) is 0. The molecular weight excluding hydrogens is 258 g/mol. The molecule has 2 nitrogen and oxygen atoms in total. The highest BCUT2D eigenvalue weighted by molar-refractivity contribution is 5.37. The molecule has 0 bridgehead atoms. The van der Waals surface area contributed by atoms with Crippen molar-refractivity contribution < 1.29 is 4.74 Å². The van der Waals surface area contributed by atoms with Crippen molar-refractivity contribution >= 4 is 0 Å². The highest BCUT2D eigenvalue weighted by Crippen LogP contribution is 2.25. The standard InChI is InChI=1S/C19H25NO/c1-13(2)15-8-10-16(11-9-15)19(20)17-6-5-7-18(12-17)21-14(3)4/h5-14,19H,20H2,1-4H3. The van der Waals surface area contributed by atoms with Gasteiger partial charge in [-0.3, -0.25) is 0 Å². The molecule has 0 spiro atoms. The van der Waals surface area contributed by atoms with Crippen LogP contribution >= 0.6 is 0 Å². The molecule has 0 aliphatic rings. The van der Waals surface area contributed by atoms with E-state index >= 15 is 0 Å². The van der Waals surface area contributed by atoms with Crippen LogP contribution in [0.4, 0.5) is 0 Å². The molecule has 0 fully saturated rings. The molecule has 0 aromatic heterocycles. The van der Waals surface area contributed by atoms with Crippen molar-refractivity contribution in [3.8, 4) is 5.75 Å². The van der Waals surface area contributed by atoms with E-state index in [2.05, 4.69) is 38.1 Å². The first-order chi connectivity index (χ1) is 9.97. The molecule has 2 aromatic carbocycles. The van der Waals surface area contributed by atoms with Gasteiger partial charge in [0.05, 0.1) is 12.1 Å². The molecule has 0 amide bonds. The number of nitrogens with two attached hydrogens (primary N) is 1. The van der Waals surface area contributed by atoms with Crippen molar-refractivity contribution in [2.75, 3.05) is 0 Å². The maximum atomic E-state index is 6.39. The average Bonchev–Trinajstić information content (AvgIpc) is 2.46. The Morgan fingerprint density at radius 1 is 0.810 bits per heavy atom. The molecule has 0 saturated heterocycles. The minimum absolute atomic E-state index is 0.123. The predicted octanol–water partition coefficient (Wildman–Crippen LogP) is 4.65. The van der Waals surface area contributed by atoms with Crippen LogP contribution in [-0.4, -0.2) is 6.10 Å². The van der Waals surface area contributed by atoms with Crippen molar-refractivity contribution in [2.45, 2.75) is 45.8 Å². The topological polar surface area (TPSA) is 35.2 Å². The summed E-state index contributed by atoms with van der Waals surface area (Å²) in [6.07, 6.45) is 0.168. The lowest BCUT2D eigenvalue weighted by molar-refractivity contribution is 0.242. The summed E-state index contributed by atoms with van der Waals surface area (Å²) in [6.45, 7) is 8.44. The van der Waals surface area contributed by atoms with Crippen LogP contribution in [-0.2, 0) is 0 Å². The molecule has 0 heterocycles. The van der Waals surface area contributed by atoms with Crippen molar-refractivity contribution in [3.05, 3.63) is 65.2 Å². The van der Waals surface area contributed by atoms with Gasteiger partial charge in [-0.15, -0.1) is 0 Å². The third-order valence-corrected chi connectivity index (χ3v) is 3.55. The Morgan fingerprint density at radius 3 is 2.00 bits per heavy atom. The summed E-state index contributed by atoms with van der Waals surface area (Å²) < 4.78 is 5.74. The van der Waals surface area contributed by atoms with Gasteiger partial charge in [-0.25, -0.2) is 0 Å². The number of rotatable bonds is 5. The molecule has 2 heteroatoms. The van der Waals surface area contributed by atoms with Gasteiger partial charge in [0.25, 0.3) is 0 Å². The summed E-state index contributed by atoms with van der Waals surface area (Å²) in [6, 6.07) is 16.5. The van der Waals surface area contributed by atoms with Gasteiger partial charge in [-0.1, -0.05) is 50.2 Å². The van der Waals surface area contributed by atoms with Crippen LogP contribution in [0.15, 0.2) is 48.5 Å². The summed E-state index contributed by atoms with van der Waals surface area (Å²) in [5.41, 5.74) is 9.92.